The van der Waals surface area contributed by atoms with Crippen LogP contribution in [0.2, 0.25) is 0 Å². The molecule has 8 rings (SSSR count). The van der Waals surface area contributed by atoms with E-state index in [2.05, 4.69) is 43.7 Å². The Hall–Kier alpha value is -5.73. The molecule has 3 saturated heterocycles. The second kappa shape index (κ2) is 20.2. The van der Waals surface area contributed by atoms with Gasteiger partial charge in [0.2, 0.25) is 27.7 Å². The number of ether oxygens (including phenoxy) is 1. The maximum Gasteiger partial charge on any atom is 0.261 e. The minimum Gasteiger partial charge on any atom is -0.483 e. The van der Waals surface area contributed by atoms with Crippen LogP contribution >= 0.6 is 12.2 Å². The molecule has 4 aromatic rings. The number of thiocarbonyl (C=S) groups is 1. The fourth-order valence-corrected chi connectivity index (χ4v) is 11.0. The van der Waals surface area contributed by atoms with Crippen molar-refractivity contribution >= 4 is 67.7 Å². The molecule has 1 aromatic heterocycles. The lowest BCUT2D eigenvalue weighted by Crippen LogP contribution is -2.53. The Morgan fingerprint density at radius 3 is 2.46 bits per heavy atom. The number of aliphatic hydroxyl groups excluding tert-OH is 1. The van der Waals surface area contributed by atoms with E-state index in [1.54, 1.807) is 30.3 Å². The fourth-order valence-electron chi connectivity index (χ4n) is 9.52. The number of likely N-dealkylation sites (tertiary alicyclic amines) is 1. The van der Waals surface area contributed by atoms with Crippen LogP contribution in [0.15, 0.2) is 66.9 Å². The summed E-state index contributed by atoms with van der Waals surface area (Å²) in [6.45, 7) is 7.01. The van der Waals surface area contributed by atoms with Gasteiger partial charge >= 0.3 is 0 Å². The van der Waals surface area contributed by atoms with Gasteiger partial charge in [0.15, 0.2) is 12.8 Å². The first-order chi connectivity index (χ1) is 32.1. The highest BCUT2D eigenvalue weighted by Gasteiger charge is 2.46. The SMILES string of the molecule is CC(C)S(=O)(=O)N1CCC(n2cc(-c3cccc(C(N)=S)c3)c3ccc(CNC(=O)C4CN(CCCCCNC(=O)COc5cccc6c5C(=O)N(C5CCC(=O)NC5=O)C6O)C4)cc32)CC1. The van der Waals surface area contributed by atoms with E-state index in [9.17, 15) is 37.5 Å². The predicted octanol–water partition coefficient (Wildman–Crippen LogP) is 3.48. The number of hydrogen-bond acceptors (Lipinski definition) is 11. The van der Waals surface area contributed by atoms with E-state index in [0.717, 1.165) is 63.9 Å². The van der Waals surface area contributed by atoms with Gasteiger partial charge in [0.1, 0.15) is 16.8 Å². The molecule has 17 nitrogen and oxygen atoms in total. The third kappa shape index (κ3) is 10.3. The summed E-state index contributed by atoms with van der Waals surface area (Å²) in [7, 11) is -3.34. The van der Waals surface area contributed by atoms with Crippen molar-refractivity contribution in [1.82, 2.24) is 34.6 Å². The zero-order chi connectivity index (χ0) is 47.6. The number of imide groups is 1. The van der Waals surface area contributed by atoms with Gasteiger partial charge in [-0.2, -0.15) is 0 Å². The molecule has 3 fully saturated rings. The fraction of sp³-hybridized carbons (Fsp3) is 0.458. The number of piperidine rings is 2. The zero-order valence-electron chi connectivity index (χ0n) is 37.7. The zero-order valence-corrected chi connectivity index (χ0v) is 39.4. The number of rotatable bonds is 18. The third-order valence-electron chi connectivity index (χ3n) is 13.4. The van der Waals surface area contributed by atoms with E-state index in [1.807, 2.05) is 30.3 Å². The van der Waals surface area contributed by atoms with Crippen LogP contribution in [0.25, 0.3) is 22.0 Å². The van der Waals surface area contributed by atoms with Crippen molar-refractivity contribution in [3.05, 3.63) is 89.1 Å². The number of aromatic nitrogens is 1. The number of amides is 5. The number of hydrogen-bond donors (Lipinski definition) is 5. The first-order valence-electron chi connectivity index (χ1n) is 23.0. The number of carbonyl (C=O) groups excluding carboxylic acids is 5. The van der Waals surface area contributed by atoms with Gasteiger partial charge in [-0.15, -0.1) is 0 Å². The molecule has 356 valence electrons. The first-order valence-corrected chi connectivity index (χ1v) is 24.9. The molecular weight excluding hydrogens is 897 g/mol. The molecule has 6 N–H and O–H groups in total. The summed E-state index contributed by atoms with van der Waals surface area (Å²) in [6.07, 6.45) is 4.79. The van der Waals surface area contributed by atoms with Crippen LogP contribution < -0.4 is 26.4 Å². The highest BCUT2D eigenvalue weighted by atomic mass is 32.2. The number of nitrogens with two attached hydrogens (primary N) is 1. The standard InChI is InChI=1S/C48H58N8O9S2/c1-29(2)67(63,64)54-20-16-34(17-21-54)55-27-37(31-8-6-9-32(23-31)44(49)66)35-13-12-30(22-39(35)55)24-51-45(59)33-25-53(26-33)19-5-3-4-18-50-42(58)28-65-40-11-7-10-36-43(40)48(62)56(47(36)61)38-14-15-41(57)52-46(38)60/h6-13,22-23,27,29,33-34,38,47,61H,3-5,14-21,24-26,28H2,1-2H3,(H2,49,66)(H,50,58)(H,51,59)(H,52,57,60). The smallest absolute Gasteiger partial charge is 0.261 e. The molecule has 5 amide bonds. The van der Waals surface area contributed by atoms with Crippen molar-refractivity contribution in [1.29, 1.82) is 0 Å². The average molecular weight is 955 g/mol. The minimum absolute atomic E-state index is 0.0123. The molecule has 0 radical (unpaired) electrons. The molecule has 4 aliphatic rings. The summed E-state index contributed by atoms with van der Waals surface area (Å²) in [5.74, 6) is -2.01. The molecule has 19 heteroatoms. The molecule has 0 aliphatic carbocycles. The van der Waals surface area contributed by atoms with Crippen molar-refractivity contribution in [3.8, 4) is 16.9 Å². The molecule has 3 aromatic carbocycles. The van der Waals surface area contributed by atoms with Gasteiger partial charge in [-0.1, -0.05) is 61.1 Å². The van der Waals surface area contributed by atoms with Gasteiger partial charge in [-0.3, -0.25) is 34.2 Å². The quantitative estimate of drug-likeness (QED) is 0.0550. The summed E-state index contributed by atoms with van der Waals surface area (Å²) in [4.78, 5) is 66.9. The lowest BCUT2D eigenvalue weighted by molar-refractivity contribution is -0.139. The second-order valence-corrected chi connectivity index (χ2v) is 21.0. The van der Waals surface area contributed by atoms with Gasteiger partial charge in [-0.25, -0.2) is 12.7 Å². The number of fused-ring (bicyclic) bond motifs is 2. The van der Waals surface area contributed by atoms with Crippen LogP contribution in [0.3, 0.4) is 0 Å². The third-order valence-corrected chi connectivity index (χ3v) is 15.9. The van der Waals surface area contributed by atoms with E-state index in [-0.39, 0.29) is 60.1 Å². The van der Waals surface area contributed by atoms with E-state index >= 15 is 0 Å². The summed E-state index contributed by atoms with van der Waals surface area (Å²) in [6, 6.07) is 17.9. The van der Waals surface area contributed by atoms with E-state index < -0.39 is 45.3 Å². The summed E-state index contributed by atoms with van der Waals surface area (Å²) >= 11 is 5.27. The van der Waals surface area contributed by atoms with Crippen molar-refractivity contribution in [3.63, 3.8) is 0 Å². The van der Waals surface area contributed by atoms with Gasteiger partial charge in [0, 0.05) is 85.5 Å². The summed E-state index contributed by atoms with van der Waals surface area (Å²) < 4.78 is 35.4. The van der Waals surface area contributed by atoms with E-state index in [0.29, 0.717) is 57.1 Å². The van der Waals surface area contributed by atoms with Gasteiger partial charge in [0.25, 0.3) is 11.8 Å². The Balaban J connectivity index is 0.770. The molecule has 0 saturated carbocycles. The van der Waals surface area contributed by atoms with Crippen LogP contribution in [0.5, 0.6) is 5.75 Å². The molecule has 2 atom stereocenters. The molecule has 2 unspecified atom stereocenters. The lowest BCUT2D eigenvalue weighted by Gasteiger charge is -2.38. The van der Waals surface area contributed by atoms with Crippen LogP contribution in [-0.2, 0) is 35.7 Å². The Morgan fingerprint density at radius 2 is 1.73 bits per heavy atom. The van der Waals surface area contributed by atoms with Gasteiger partial charge in [-0.05, 0) is 81.8 Å². The maximum absolute atomic E-state index is 13.3. The Bertz CT molecular complexity index is 2690. The summed E-state index contributed by atoms with van der Waals surface area (Å²) in [5.41, 5.74) is 11.1. The first kappa shape index (κ1) is 47.8. The summed E-state index contributed by atoms with van der Waals surface area (Å²) in [5, 5.41) is 19.7. The highest BCUT2D eigenvalue weighted by Crippen LogP contribution is 2.40. The monoisotopic (exact) mass is 954 g/mol. The predicted molar refractivity (Wildman–Crippen MR) is 255 cm³/mol. The number of aliphatic hydroxyl groups is 1. The minimum atomic E-state index is -3.34. The van der Waals surface area contributed by atoms with E-state index in [1.165, 1.54) is 6.07 Å². The molecular formula is C48H58N8O9S2. The number of nitrogens with zero attached hydrogens (tertiary/aromatic N) is 4. The Kier molecular flexibility index (Phi) is 14.4. The second-order valence-electron chi connectivity index (χ2n) is 18.1. The maximum atomic E-state index is 13.3. The van der Waals surface area contributed by atoms with Crippen LogP contribution in [-0.4, -0.2) is 124 Å². The average Bonchev–Trinajstić information content (AvgIpc) is 3.80. The number of sulfonamides is 1. The molecule has 0 bridgehead atoms. The van der Waals surface area contributed by atoms with E-state index in [4.69, 9.17) is 22.7 Å². The highest BCUT2D eigenvalue weighted by molar-refractivity contribution is 7.89. The number of carbonyl (C=O) groups is 5. The number of nitrogens with one attached hydrogen (secondary N) is 3. The van der Waals surface area contributed by atoms with Gasteiger partial charge in [0.05, 0.1) is 16.7 Å². The van der Waals surface area contributed by atoms with Gasteiger partial charge < -0.3 is 35.7 Å². The molecule has 67 heavy (non-hydrogen) atoms. The molecule has 0 spiro atoms. The van der Waals surface area contributed by atoms with Crippen molar-refractivity contribution in [2.45, 2.75) is 88.9 Å². The number of unbranched alkanes of at least 4 members (excludes halogenated alkanes) is 2. The van der Waals surface area contributed by atoms with Crippen LogP contribution in [0.4, 0.5) is 0 Å². The van der Waals surface area contributed by atoms with Crippen molar-refractivity contribution < 1.29 is 42.2 Å². The van der Waals surface area contributed by atoms with Crippen molar-refractivity contribution in [2.24, 2.45) is 11.7 Å². The Labute approximate surface area is 395 Å². The Morgan fingerprint density at radius 1 is 0.970 bits per heavy atom. The number of benzene rings is 3. The molecule has 4 aliphatic heterocycles. The normalized spacial score (nSPS) is 19.6. The molecule has 5 heterocycles. The van der Waals surface area contributed by atoms with Crippen LogP contribution in [0, 0.1) is 5.92 Å². The van der Waals surface area contributed by atoms with Crippen molar-refractivity contribution in [2.75, 3.05) is 45.9 Å². The largest absolute Gasteiger partial charge is 0.483 e. The van der Waals surface area contributed by atoms with Crippen LogP contribution in [0.1, 0.15) is 98.1 Å². The lowest BCUT2D eigenvalue weighted by atomic mass is 9.98. The topological polar surface area (TPSA) is 226 Å².